The Morgan fingerprint density at radius 2 is 2.30 bits per heavy atom. The van der Waals surface area contributed by atoms with Gasteiger partial charge in [-0.15, -0.1) is 11.3 Å². The zero-order valence-corrected chi connectivity index (χ0v) is 15.2. The standard InChI is InChI=1S/C16H28N4O2S/c1-12-13(2)23-15(20-12)9-19-16(17-3)18-6-4-7-21-10-14-5-8-22-11-14/h14H,4-11H2,1-3H3,(H2,17,18,19). The molecule has 0 aromatic carbocycles. The van der Waals surface area contributed by atoms with Crippen LogP contribution >= 0.6 is 11.3 Å². The molecule has 1 unspecified atom stereocenters. The van der Waals surface area contributed by atoms with Crippen LogP contribution in [0.15, 0.2) is 4.99 Å². The summed E-state index contributed by atoms with van der Waals surface area (Å²) in [6.45, 7) is 9.01. The third-order valence-corrected chi connectivity index (χ3v) is 4.91. The van der Waals surface area contributed by atoms with Crippen LogP contribution in [-0.4, -0.2) is 51.0 Å². The van der Waals surface area contributed by atoms with E-state index in [1.165, 1.54) is 4.88 Å². The summed E-state index contributed by atoms with van der Waals surface area (Å²) in [5.74, 6) is 1.39. The van der Waals surface area contributed by atoms with Crippen molar-refractivity contribution >= 4 is 17.3 Å². The largest absolute Gasteiger partial charge is 0.381 e. The van der Waals surface area contributed by atoms with E-state index in [0.29, 0.717) is 12.5 Å². The molecule has 1 aliphatic heterocycles. The quantitative estimate of drug-likeness (QED) is 0.430. The van der Waals surface area contributed by atoms with Gasteiger partial charge < -0.3 is 20.1 Å². The Morgan fingerprint density at radius 1 is 1.43 bits per heavy atom. The van der Waals surface area contributed by atoms with Crippen molar-refractivity contribution in [1.82, 2.24) is 15.6 Å². The minimum Gasteiger partial charge on any atom is -0.381 e. The fraction of sp³-hybridized carbons (Fsp3) is 0.750. The summed E-state index contributed by atoms with van der Waals surface area (Å²) >= 11 is 1.73. The van der Waals surface area contributed by atoms with E-state index in [-0.39, 0.29) is 0 Å². The molecule has 0 aliphatic carbocycles. The Bertz CT molecular complexity index is 479. The number of aryl methyl sites for hydroxylation is 2. The molecule has 23 heavy (non-hydrogen) atoms. The molecule has 6 nitrogen and oxygen atoms in total. The highest BCUT2D eigenvalue weighted by Crippen LogP contribution is 2.15. The highest BCUT2D eigenvalue weighted by Gasteiger charge is 2.15. The van der Waals surface area contributed by atoms with E-state index in [9.17, 15) is 0 Å². The first-order valence-corrected chi connectivity index (χ1v) is 9.03. The maximum Gasteiger partial charge on any atom is 0.191 e. The van der Waals surface area contributed by atoms with Crippen molar-refractivity contribution in [1.29, 1.82) is 0 Å². The molecule has 1 saturated heterocycles. The Morgan fingerprint density at radius 3 is 2.96 bits per heavy atom. The third-order valence-electron chi connectivity index (χ3n) is 3.84. The van der Waals surface area contributed by atoms with Gasteiger partial charge in [0, 0.05) is 37.6 Å². The molecule has 130 valence electrons. The molecule has 0 saturated carbocycles. The normalized spacial score (nSPS) is 18.4. The molecular weight excluding hydrogens is 312 g/mol. The summed E-state index contributed by atoms with van der Waals surface area (Å²) in [7, 11) is 1.78. The molecule has 0 bridgehead atoms. The van der Waals surface area contributed by atoms with E-state index in [2.05, 4.69) is 27.5 Å². The third kappa shape index (κ3) is 6.45. The Balaban J connectivity index is 1.54. The van der Waals surface area contributed by atoms with Gasteiger partial charge >= 0.3 is 0 Å². The van der Waals surface area contributed by atoms with Crippen LogP contribution in [0.3, 0.4) is 0 Å². The van der Waals surface area contributed by atoms with Gasteiger partial charge in [0.2, 0.25) is 0 Å². The summed E-state index contributed by atoms with van der Waals surface area (Å²) in [4.78, 5) is 10.0. The van der Waals surface area contributed by atoms with E-state index in [0.717, 1.165) is 62.5 Å². The molecule has 1 atom stereocenters. The van der Waals surface area contributed by atoms with Crippen LogP contribution in [-0.2, 0) is 16.0 Å². The second-order valence-electron chi connectivity index (χ2n) is 5.76. The van der Waals surface area contributed by atoms with Crippen molar-refractivity contribution < 1.29 is 9.47 Å². The van der Waals surface area contributed by atoms with Crippen LogP contribution in [0.4, 0.5) is 0 Å². The number of aromatic nitrogens is 1. The topological polar surface area (TPSA) is 67.8 Å². The summed E-state index contributed by atoms with van der Waals surface area (Å²) in [6.07, 6.45) is 2.09. The van der Waals surface area contributed by atoms with Crippen LogP contribution in [0.1, 0.15) is 28.4 Å². The average molecular weight is 340 g/mol. The first-order valence-electron chi connectivity index (χ1n) is 8.22. The summed E-state index contributed by atoms with van der Waals surface area (Å²) < 4.78 is 11.0. The molecular formula is C16H28N4O2S. The highest BCUT2D eigenvalue weighted by molar-refractivity contribution is 7.11. The van der Waals surface area contributed by atoms with Crippen molar-refractivity contribution in [3.63, 3.8) is 0 Å². The van der Waals surface area contributed by atoms with Crippen LogP contribution in [0, 0.1) is 19.8 Å². The second-order valence-corrected chi connectivity index (χ2v) is 7.05. The van der Waals surface area contributed by atoms with Gasteiger partial charge in [0.1, 0.15) is 5.01 Å². The molecule has 0 spiro atoms. The molecule has 2 heterocycles. The molecule has 2 N–H and O–H groups in total. The molecule has 2 rings (SSSR count). The first-order chi connectivity index (χ1) is 11.2. The average Bonchev–Trinajstić information content (AvgIpc) is 3.16. The smallest absolute Gasteiger partial charge is 0.191 e. The SMILES string of the molecule is CN=C(NCCCOCC1CCOC1)NCc1nc(C)c(C)s1. The fourth-order valence-corrected chi connectivity index (χ4v) is 3.21. The molecule has 7 heteroatoms. The van der Waals surface area contributed by atoms with Gasteiger partial charge in [0.15, 0.2) is 5.96 Å². The number of hydrogen-bond acceptors (Lipinski definition) is 5. The van der Waals surface area contributed by atoms with Gasteiger partial charge in [-0.3, -0.25) is 4.99 Å². The predicted molar refractivity (Wildman–Crippen MR) is 94.2 cm³/mol. The van der Waals surface area contributed by atoms with Gasteiger partial charge in [-0.25, -0.2) is 4.98 Å². The second kappa shape index (κ2) is 9.85. The van der Waals surface area contributed by atoms with E-state index >= 15 is 0 Å². The number of nitrogens with zero attached hydrogens (tertiary/aromatic N) is 2. The van der Waals surface area contributed by atoms with Gasteiger partial charge in [0.05, 0.1) is 25.5 Å². The molecule has 1 aliphatic rings. The lowest BCUT2D eigenvalue weighted by atomic mass is 10.1. The minimum absolute atomic E-state index is 0.586. The fourth-order valence-electron chi connectivity index (χ4n) is 2.34. The number of thiazole rings is 1. The van der Waals surface area contributed by atoms with Crippen LogP contribution in [0.2, 0.25) is 0 Å². The minimum atomic E-state index is 0.586. The number of nitrogens with one attached hydrogen (secondary N) is 2. The summed E-state index contributed by atoms with van der Waals surface area (Å²) in [5.41, 5.74) is 1.11. The van der Waals surface area contributed by atoms with E-state index in [1.807, 2.05) is 6.92 Å². The van der Waals surface area contributed by atoms with E-state index in [1.54, 1.807) is 18.4 Å². The maximum absolute atomic E-state index is 5.69. The molecule has 1 aromatic heterocycles. The Hall–Kier alpha value is -1.18. The highest BCUT2D eigenvalue weighted by atomic mass is 32.1. The van der Waals surface area contributed by atoms with Gasteiger partial charge in [-0.2, -0.15) is 0 Å². The zero-order chi connectivity index (χ0) is 16.5. The summed E-state index contributed by atoms with van der Waals surface area (Å²) in [5, 5.41) is 7.68. The number of ether oxygens (including phenoxy) is 2. The van der Waals surface area contributed by atoms with Gasteiger partial charge in [-0.05, 0) is 26.7 Å². The number of aliphatic imine (C=N–C) groups is 1. The Kier molecular flexibility index (Phi) is 7.78. The number of hydrogen-bond donors (Lipinski definition) is 2. The number of rotatable bonds is 8. The number of guanidine groups is 1. The lowest BCUT2D eigenvalue weighted by molar-refractivity contribution is 0.0888. The molecule has 1 fully saturated rings. The molecule has 0 radical (unpaired) electrons. The van der Waals surface area contributed by atoms with Crippen LogP contribution < -0.4 is 10.6 Å². The van der Waals surface area contributed by atoms with Crippen molar-refractivity contribution in [2.75, 3.05) is 40.0 Å². The molecule has 0 amide bonds. The Labute approximate surface area is 142 Å². The predicted octanol–water partition coefficient (Wildman–Crippen LogP) is 1.87. The molecule has 1 aromatic rings. The summed E-state index contributed by atoms with van der Waals surface area (Å²) in [6, 6.07) is 0. The van der Waals surface area contributed by atoms with E-state index < -0.39 is 0 Å². The van der Waals surface area contributed by atoms with Crippen molar-refractivity contribution in [2.45, 2.75) is 33.2 Å². The van der Waals surface area contributed by atoms with Crippen molar-refractivity contribution in [2.24, 2.45) is 10.9 Å². The monoisotopic (exact) mass is 340 g/mol. The first kappa shape index (κ1) is 18.2. The van der Waals surface area contributed by atoms with Gasteiger partial charge in [0.25, 0.3) is 0 Å². The lowest BCUT2D eigenvalue weighted by Crippen LogP contribution is -2.37. The zero-order valence-electron chi connectivity index (χ0n) is 14.4. The van der Waals surface area contributed by atoms with Gasteiger partial charge in [-0.1, -0.05) is 0 Å². The lowest BCUT2D eigenvalue weighted by Gasteiger charge is -2.12. The maximum atomic E-state index is 5.69. The van der Waals surface area contributed by atoms with Crippen molar-refractivity contribution in [3.8, 4) is 0 Å². The van der Waals surface area contributed by atoms with Crippen LogP contribution in [0.5, 0.6) is 0 Å². The van der Waals surface area contributed by atoms with E-state index in [4.69, 9.17) is 9.47 Å². The van der Waals surface area contributed by atoms with Crippen LogP contribution in [0.25, 0.3) is 0 Å². The van der Waals surface area contributed by atoms with Crippen molar-refractivity contribution in [3.05, 3.63) is 15.6 Å².